The van der Waals surface area contributed by atoms with E-state index in [0.717, 1.165) is 6.42 Å². The second-order valence-electron chi connectivity index (χ2n) is 7.72. The molecule has 3 heterocycles. The Morgan fingerprint density at radius 2 is 1.97 bits per heavy atom. The number of rotatable bonds is 6. The van der Waals surface area contributed by atoms with Crippen molar-refractivity contribution < 1.29 is 20.1 Å². The molecular weight excluding hydrogens is 378 g/mol. The maximum atomic E-state index is 10.3. The molecule has 5 N–H and O–H groups in total. The average Bonchev–Trinajstić information content (AvgIpc) is 3.28. The van der Waals surface area contributed by atoms with Crippen molar-refractivity contribution in [2.45, 2.75) is 63.1 Å². The van der Waals surface area contributed by atoms with Gasteiger partial charge in [-0.05, 0) is 12.3 Å². The molecule has 11 heteroatoms. The molecule has 11 nitrogen and oxygen atoms in total. The van der Waals surface area contributed by atoms with Gasteiger partial charge in [0.25, 0.3) is 5.95 Å². The molecule has 158 valence electrons. The number of hydrogen-bond donors (Lipinski definition) is 4. The highest BCUT2D eigenvalue weighted by molar-refractivity contribution is 5.82. The Kier molecular flexibility index (Phi) is 5.99. The predicted molar refractivity (Wildman–Crippen MR) is 103 cm³/mol. The molecule has 2 aromatic heterocycles. The van der Waals surface area contributed by atoms with Crippen LogP contribution in [0.1, 0.15) is 44.8 Å². The second kappa shape index (κ2) is 8.66. The third-order valence-electron chi connectivity index (χ3n) is 5.75. The van der Waals surface area contributed by atoms with E-state index in [1.54, 1.807) is 0 Å². The molecule has 1 saturated heterocycles. The molecule has 4 rings (SSSR count). The van der Waals surface area contributed by atoms with E-state index in [2.05, 4.69) is 25.2 Å². The Morgan fingerprint density at radius 1 is 1.17 bits per heavy atom. The summed E-state index contributed by atoms with van der Waals surface area (Å²) in [4.78, 5) is 12.7. The van der Waals surface area contributed by atoms with E-state index in [0.29, 0.717) is 23.6 Å². The van der Waals surface area contributed by atoms with Gasteiger partial charge in [0.05, 0.1) is 19.5 Å². The number of imidazole rings is 1. The lowest BCUT2D eigenvalue weighted by Crippen LogP contribution is -2.33. The molecule has 4 atom stereocenters. The fourth-order valence-corrected chi connectivity index (χ4v) is 4.10. The van der Waals surface area contributed by atoms with Crippen LogP contribution in [0, 0.1) is 5.92 Å². The summed E-state index contributed by atoms with van der Waals surface area (Å²) in [6.07, 6.45) is 4.51. The van der Waals surface area contributed by atoms with Crippen molar-refractivity contribution in [1.82, 2.24) is 19.5 Å². The number of fused-ring (bicyclic) bond motifs is 1. The normalized spacial score (nSPS) is 28.7. The summed E-state index contributed by atoms with van der Waals surface area (Å²) in [5, 5.41) is 37.9. The van der Waals surface area contributed by atoms with Gasteiger partial charge < -0.3 is 25.8 Å². The van der Waals surface area contributed by atoms with Gasteiger partial charge in [0.1, 0.15) is 23.8 Å². The molecule has 0 amide bonds. The van der Waals surface area contributed by atoms with Crippen LogP contribution in [0.4, 0.5) is 11.8 Å². The van der Waals surface area contributed by atoms with Crippen molar-refractivity contribution in [2.75, 3.05) is 18.9 Å². The van der Waals surface area contributed by atoms with E-state index in [4.69, 9.17) is 10.5 Å². The Balaban J connectivity index is 1.51. The first-order valence-corrected chi connectivity index (χ1v) is 10.1. The Labute approximate surface area is 167 Å². The molecule has 2 aliphatic rings. The van der Waals surface area contributed by atoms with Crippen molar-refractivity contribution in [3.63, 3.8) is 0 Å². The lowest BCUT2D eigenvalue weighted by molar-refractivity contribution is -0.0511. The molecule has 1 aliphatic heterocycles. The Morgan fingerprint density at radius 3 is 2.69 bits per heavy atom. The molecule has 2 fully saturated rings. The van der Waals surface area contributed by atoms with Gasteiger partial charge in [0.15, 0.2) is 17.7 Å². The number of azo groups is 1. The topological polar surface area (TPSA) is 164 Å². The number of hydrogen-bond acceptors (Lipinski definition) is 10. The largest absolute Gasteiger partial charge is 0.394 e. The molecular formula is C18H27N7O4. The second-order valence-corrected chi connectivity index (χ2v) is 7.72. The predicted octanol–water partition coefficient (Wildman–Crippen LogP) is 1.07. The van der Waals surface area contributed by atoms with Gasteiger partial charge in [-0.2, -0.15) is 15.1 Å². The summed E-state index contributed by atoms with van der Waals surface area (Å²) >= 11 is 0. The maximum Gasteiger partial charge on any atom is 0.272 e. The molecule has 1 saturated carbocycles. The lowest BCUT2D eigenvalue weighted by atomic mass is 9.87. The van der Waals surface area contributed by atoms with Gasteiger partial charge in [0, 0.05) is 0 Å². The van der Waals surface area contributed by atoms with Gasteiger partial charge >= 0.3 is 0 Å². The number of aromatic nitrogens is 4. The number of aliphatic hydroxyl groups is 3. The van der Waals surface area contributed by atoms with Crippen molar-refractivity contribution in [3.8, 4) is 0 Å². The zero-order valence-corrected chi connectivity index (χ0v) is 16.1. The maximum absolute atomic E-state index is 10.3. The monoisotopic (exact) mass is 405 g/mol. The van der Waals surface area contributed by atoms with E-state index in [-0.39, 0.29) is 11.8 Å². The number of nitrogens with two attached hydrogens (primary N) is 1. The van der Waals surface area contributed by atoms with Crippen LogP contribution < -0.4 is 5.73 Å². The van der Waals surface area contributed by atoms with Crippen LogP contribution in [0.3, 0.4) is 0 Å². The quantitative estimate of drug-likeness (QED) is 0.518. The number of aliphatic hydroxyl groups excluding tert-OH is 3. The van der Waals surface area contributed by atoms with Crippen LogP contribution in [-0.2, 0) is 4.74 Å². The van der Waals surface area contributed by atoms with E-state index in [1.807, 2.05) is 0 Å². The standard InChI is InChI=1S/C18H27N7O4/c19-15-12-16(25(9-20-12)17-14(28)13(27)11(8-26)29-17)23-18(22-15)24-21-7-6-10-4-2-1-3-5-10/h9-11,13-14,17,26-28H,1-8H2,(H2,19,22,23)/t11-,13-,14-,17?/m1/s1. The van der Waals surface area contributed by atoms with Gasteiger partial charge in [-0.3, -0.25) is 4.57 Å². The lowest BCUT2D eigenvalue weighted by Gasteiger charge is -2.20. The zero-order chi connectivity index (χ0) is 20.4. The van der Waals surface area contributed by atoms with Crippen molar-refractivity contribution in [3.05, 3.63) is 6.33 Å². The Bertz CT molecular complexity index is 867. The molecule has 29 heavy (non-hydrogen) atoms. The Hall–Kier alpha value is -2.21. The molecule has 0 bridgehead atoms. The van der Waals surface area contributed by atoms with E-state index < -0.39 is 31.1 Å². The van der Waals surface area contributed by atoms with Gasteiger partial charge in [-0.1, -0.05) is 32.1 Å². The third kappa shape index (κ3) is 4.08. The van der Waals surface area contributed by atoms with E-state index >= 15 is 0 Å². The molecule has 0 radical (unpaired) electrons. The van der Waals surface area contributed by atoms with Crippen molar-refractivity contribution in [1.29, 1.82) is 0 Å². The van der Waals surface area contributed by atoms with Crippen molar-refractivity contribution in [2.24, 2.45) is 16.1 Å². The zero-order valence-electron chi connectivity index (χ0n) is 16.1. The van der Waals surface area contributed by atoms with E-state index in [9.17, 15) is 15.3 Å². The van der Waals surface area contributed by atoms with Crippen LogP contribution >= 0.6 is 0 Å². The van der Waals surface area contributed by atoms with Crippen LogP contribution in [0.5, 0.6) is 0 Å². The average molecular weight is 405 g/mol. The van der Waals surface area contributed by atoms with Gasteiger partial charge in [-0.15, -0.1) is 5.11 Å². The molecule has 0 spiro atoms. The summed E-state index contributed by atoms with van der Waals surface area (Å²) in [6, 6.07) is 0. The number of nitrogens with zero attached hydrogens (tertiary/aromatic N) is 6. The molecule has 1 aliphatic carbocycles. The van der Waals surface area contributed by atoms with Crippen molar-refractivity contribution >= 4 is 22.9 Å². The smallest absolute Gasteiger partial charge is 0.272 e. The summed E-state index contributed by atoms with van der Waals surface area (Å²) in [7, 11) is 0. The highest BCUT2D eigenvalue weighted by Crippen LogP contribution is 2.32. The highest BCUT2D eigenvalue weighted by Gasteiger charge is 2.44. The van der Waals surface area contributed by atoms with E-state index in [1.165, 1.54) is 43.0 Å². The first kappa shape index (κ1) is 20.1. The fourth-order valence-electron chi connectivity index (χ4n) is 4.10. The summed E-state index contributed by atoms with van der Waals surface area (Å²) < 4.78 is 7.01. The molecule has 0 aromatic carbocycles. The third-order valence-corrected chi connectivity index (χ3v) is 5.75. The minimum absolute atomic E-state index is 0.104. The number of anilines is 1. The minimum Gasteiger partial charge on any atom is -0.394 e. The van der Waals surface area contributed by atoms with Gasteiger partial charge in [0.2, 0.25) is 0 Å². The fraction of sp³-hybridized carbons (Fsp3) is 0.722. The minimum atomic E-state index is -1.25. The van der Waals surface area contributed by atoms with Crippen LogP contribution in [0.25, 0.3) is 11.2 Å². The van der Waals surface area contributed by atoms with Gasteiger partial charge in [-0.25, -0.2) is 4.98 Å². The highest BCUT2D eigenvalue weighted by atomic mass is 16.6. The first-order valence-electron chi connectivity index (χ1n) is 10.1. The van der Waals surface area contributed by atoms with Crippen LogP contribution in [0.2, 0.25) is 0 Å². The number of nitrogen functional groups attached to an aromatic ring is 1. The molecule has 2 aromatic rings. The summed E-state index contributed by atoms with van der Waals surface area (Å²) in [5.74, 6) is 0.957. The van der Waals surface area contributed by atoms with Crippen LogP contribution in [-0.4, -0.2) is 66.3 Å². The SMILES string of the molecule is Nc1nc(N=NCCC2CCCCC2)nc2c1ncn2C1O[C@H](CO)[C@@H](O)[C@H]1O. The first-order chi connectivity index (χ1) is 14.1. The molecule has 1 unspecified atom stereocenters. The number of ether oxygens (including phenoxy) is 1. The summed E-state index contributed by atoms with van der Waals surface area (Å²) in [6.45, 7) is 0.193. The van der Waals surface area contributed by atoms with Crippen LogP contribution in [0.15, 0.2) is 16.6 Å². The summed E-state index contributed by atoms with van der Waals surface area (Å²) in [5.41, 5.74) is 6.63.